The third-order valence-corrected chi connectivity index (χ3v) is 4.98. The maximum atomic E-state index is 13.3. The molecule has 4 aromatic rings. The highest BCUT2D eigenvalue weighted by Gasteiger charge is 2.21. The van der Waals surface area contributed by atoms with Crippen LogP contribution >= 0.6 is 11.3 Å². The summed E-state index contributed by atoms with van der Waals surface area (Å²) in [6, 6.07) is 11.0. The average molecular weight is 366 g/mol. The van der Waals surface area contributed by atoms with Crippen LogP contribution in [0.2, 0.25) is 0 Å². The molecular formula is C19H15FN4OS. The van der Waals surface area contributed by atoms with Gasteiger partial charge in [0.25, 0.3) is 5.91 Å². The van der Waals surface area contributed by atoms with Crippen molar-refractivity contribution in [3.63, 3.8) is 0 Å². The van der Waals surface area contributed by atoms with Gasteiger partial charge in [-0.15, -0.1) is 11.3 Å². The van der Waals surface area contributed by atoms with Crippen molar-refractivity contribution in [2.45, 2.75) is 6.04 Å². The van der Waals surface area contributed by atoms with Gasteiger partial charge in [-0.3, -0.25) is 4.79 Å². The lowest BCUT2D eigenvalue weighted by Crippen LogP contribution is -2.31. The maximum absolute atomic E-state index is 13.3. The molecule has 2 heterocycles. The summed E-state index contributed by atoms with van der Waals surface area (Å²) in [5.74, 6) is 0.121. The predicted molar refractivity (Wildman–Crippen MR) is 98.5 cm³/mol. The van der Waals surface area contributed by atoms with Crippen LogP contribution in [0.3, 0.4) is 0 Å². The number of fused-ring (bicyclic) bond motifs is 1. The van der Waals surface area contributed by atoms with E-state index in [1.807, 2.05) is 23.7 Å². The largest absolute Gasteiger partial charge is 0.338 e. The molecule has 26 heavy (non-hydrogen) atoms. The number of thiazole rings is 1. The summed E-state index contributed by atoms with van der Waals surface area (Å²) in [6.07, 6.45) is 3.47. The van der Waals surface area contributed by atoms with E-state index in [4.69, 9.17) is 0 Å². The van der Waals surface area contributed by atoms with Crippen molar-refractivity contribution in [1.82, 2.24) is 19.9 Å². The van der Waals surface area contributed by atoms with E-state index in [-0.39, 0.29) is 11.7 Å². The SMILES string of the molecule is Cn1ccnc1C(NC(=O)c1ccc2ncsc2c1)c1ccc(F)cc1. The Labute approximate surface area is 153 Å². The lowest BCUT2D eigenvalue weighted by molar-refractivity contribution is 0.0941. The molecule has 1 N–H and O–H groups in total. The second-order valence-electron chi connectivity index (χ2n) is 5.89. The number of carbonyl (C=O) groups is 1. The molecule has 130 valence electrons. The highest BCUT2D eigenvalue weighted by molar-refractivity contribution is 7.16. The number of amides is 1. The van der Waals surface area contributed by atoms with Gasteiger partial charge in [-0.2, -0.15) is 0 Å². The zero-order chi connectivity index (χ0) is 18.1. The molecule has 1 unspecified atom stereocenters. The second kappa shape index (κ2) is 6.68. The van der Waals surface area contributed by atoms with Crippen LogP contribution in [0.25, 0.3) is 10.2 Å². The van der Waals surface area contributed by atoms with E-state index in [9.17, 15) is 9.18 Å². The van der Waals surface area contributed by atoms with Crippen molar-refractivity contribution in [3.05, 3.63) is 83.1 Å². The Balaban J connectivity index is 1.68. The third kappa shape index (κ3) is 3.09. The quantitative estimate of drug-likeness (QED) is 0.599. The number of nitrogens with one attached hydrogen (secondary N) is 1. The number of hydrogen-bond acceptors (Lipinski definition) is 4. The molecule has 0 saturated carbocycles. The van der Waals surface area contributed by atoms with E-state index in [2.05, 4.69) is 15.3 Å². The van der Waals surface area contributed by atoms with Crippen LogP contribution in [0, 0.1) is 5.82 Å². The first-order valence-corrected chi connectivity index (χ1v) is 8.86. The monoisotopic (exact) mass is 366 g/mol. The minimum atomic E-state index is -0.486. The Kier molecular flexibility index (Phi) is 4.22. The fourth-order valence-corrected chi connectivity index (χ4v) is 3.53. The molecule has 2 aromatic heterocycles. The summed E-state index contributed by atoms with van der Waals surface area (Å²) >= 11 is 1.49. The molecule has 1 atom stereocenters. The first-order valence-electron chi connectivity index (χ1n) is 7.98. The fourth-order valence-electron chi connectivity index (χ4n) is 2.82. The highest BCUT2D eigenvalue weighted by Crippen LogP contribution is 2.23. The normalized spacial score (nSPS) is 12.2. The Hall–Kier alpha value is -3.06. The lowest BCUT2D eigenvalue weighted by Gasteiger charge is -2.19. The van der Waals surface area contributed by atoms with Gasteiger partial charge in [-0.1, -0.05) is 12.1 Å². The Bertz CT molecular complexity index is 1070. The minimum Gasteiger partial charge on any atom is -0.338 e. The Morgan fingerprint density at radius 2 is 2.00 bits per heavy atom. The van der Waals surface area contributed by atoms with E-state index < -0.39 is 6.04 Å². The molecule has 0 bridgehead atoms. The molecular weight excluding hydrogens is 351 g/mol. The maximum Gasteiger partial charge on any atom is 0.252 e. The van der Waals surface area contributed by atoms with Crippen LogP contribution in [-0.4, -0.2) is 20.4 Å². The Morgan fingerprint density at radius 1 is 1.19 bits per heavy atom. The van der Waals surface area contributed by atoms with Crippen LogP contribution < -0.4 is 5.32 Å². The Morgan fingerprint density at radius 3 is 2.73 bits per heavy atom. The van der Waals surface area contributed by atoms with Crippen LogP contribution in [0.15, 0.2) is 60.4 Å². The molecule has 2 aromatic carbocycles. The van der Waals surface area contributed by atoms with Crippen molar-refractivity contribution in [2.24, 2.45) is 7.05 Å². The third-order valence-electron chi connectivity index (χ3n) is 4.19. The lowest BCUT2D eigenvalue weighted by atomic mass is 10.1. The van der Waals surface area contributed by atoms with Gasteiger partial charge in [-0.05, 0) is 35.9 Å². The van der Waals surface area contributed by atoms with Gasteiger partial charge in [0.1, 0.15) is 17.7 Å². The molecule has 0 saturated heterocycles. The molecule has 4 rings (SSSR count). The summed E-state index contributed by atoms with van der Waals surface area (Å²) in [6.45, 7) is 0. The summed E-state index contributed by atoms with van der Waals surface area (Å²) in [4.78, 5) is 21.4. The first-order chi connectivity index (χ1) is 12.6. The molecule has 0 spiro atoms. The topological polar surface area (TPSA) is 59.8 Å². The molecule has 7 heteroatoms. The predicted octanol–water partition coefficient (Wildman–Crippen LogP) is 3.69. The van der Waals surface area contributed by atoms with Crippen LogP contribution in [0.5, 0.6) is 0 Å². The number of aryl methyl sites for hydroxylation is 1. The van der Waals surface area contributed by atoms with E-state index in [1.54, 1.807) is 36.1 Å². The van der Waals surface area contributed by atoms with Crippen molar-refractivity contribution >= 4 is 27.5 Å². The summed E-state index contributed by atoms with van der Waals surface area (Å²) in [7, 11) is 1.86. The number of halogens is 1. The van der Waals surface area contributed by atoms with Gasteiger partial charge in [0.05, 0.1) is 15.7 Å². The standard InChI is InChI=1S/C19H15FN4OS/c1-24-9-8-21-18(24)17(12-2-5-14(20)6-3-12)23-19(25)13-4-7-15-16(10-13)26-11-22-15/h2-11,17H,1H3,(H,23,25). The molecule has 0 fully saturated rings. The zero-order valence-corrected chi connectivity index (χ0v) is 14.7. The van der Waals surface area contributed by atoms with Crippen molar-refractivity contribution in [1.29, 1.82) is 0 Å². The summed E-state index contributed by atoms with van der Waals surface area (Å²) in [5.41, 5.74) is 3.92. The van der Waals surface area contributed by atoms with Crippen molar-refractivity contribution in [3.8, 4) is 0 Å². The number of hydrogen-bond donors (Lipinski definition) is 1. The molecule has 0 aliphatic rings. The summed E-state index contributed by atoms with van der Waals surface area (Å²) < 4.78 is 16.1. The number of rotatable bonds is 4. The number of carbonyl (C=O) groups excluding carboxylic acids is 1. The van der Waals surface area contributed by atoms with E-state index in [0.717, 1.165) is 15.8 Å². The number of imidazole rings is 1. The van der Waals surface area contributed by atoms with Crippen molar-refractivity contribution in [2.75, 3.05) is 0 Å². The smallest absolute Gasteiger partial charge is 0.252 e. The van der Waals surface area contributed by atoms with Crippen molar-refractivity contribution < 1.29 is 9.18 Å². The van der Waals surface area contributed by atoms with Gasteiger partial charge in [0, 0.05) is 25.0 Å². The first kappa shape index (κ1) is 16.4. The molecule has 0 aliphatic heterocycles. The molecule has 1 amide bonds. The number of aromatic nitrogens is 3. The van der Waals surface area contributed by atoms with E-state index >= 15 is 0 Å². The summed E-state index contributed by atoms with van der Waals surface area (Å²) in [5, 5.41) is 3.01. The van der Waals surface area contributed by atoms with Gasteiger partial charge < -0.3 is 9.88 Å². The average Bonchev–Trinajstić information content (AvgIpc) is 3.28. The van der Waals surface area contributed by atoms with Gasteiger partial charge in [0.15, 0.2) is 0 Å². The highest BCUT2D eigenvalue weighted by atomic mass is 32.1. The van der Waals surface area contributed by atoms with E-state index in [1.165, 1.54) is 23.5 Å². The molecule has 5 nitrogen and oxygen atoms in total. The van der Waals surface area contributed by atoms with Crippen LogP contribution in [0.1, 0.15) is 27.8 Å². The zero-order valence-electron chi connectivity index (χ0n) is 13.9. The minimum absolute atomic E-state index is 0.224. The van der Waals surface area contributed by atoms with Crippen LogP contribution in [-0.2, 0) is 7.05 Å². The molecule has 0 radical (unpaired) electrons. The van der Waals surface area contributed by atoms with Crippen LogP contribution in [0.4, 0.5) is 4.39 Å². The van der Waals surface area contributed by atoms with Gasteiger partial charge >= 0.3 is 0 Å². The molecule has 0 aliphatic carbocycles. The van der Waals surface area contributed by atoms with Gasteiger partial charge in [-0.25, -0.2) is 14.4 Å². The number of nitrogens with zero attached hydrogens (tertiary/aromatic N) is 3. The number of benzene rings is 2. The van der Waals surface area contributed by atoms with E-state index in [0.29, 0.717) is 11.4 Å². The second-order valence-corrected chi connectivity index (χ2v) is 6.78. The fraction of sp³-hybridized carbons (Fsp3) is 0.105. The van der Waals surface area contributed by atoms with Gasteiger partial charge in [0.2, 0.25) is 0 Å².